The molecule has 0 N–H and O–H groups in total. The zero-order valence-electron chi connectivity index (χ0n) is 23.0. The largest absolute Gasteiger partial charge is 0.573 e. The molecule has 0 bridgehead atoms. The van der Waals surface area contributed by atoms with Crippen LogP contribution in [0, 0.1) is 5.92 Å². The van der Waals surface area contributed by atoms with Crippen molar-refractivity contribution >= 4 is 34.2 Å². The molecule has 0 aliphatic carbocycles. The van der Waals surface area contributed by atoms with E-state index in [1.807, 2.05) is 55.5 Å². The first-order chi connectivity index (χ1) is 20.1. The second kappa shape index (κ2) is 12.2. The minimum Gasteiger partial charge on any atom is -0.406 e. The predicted octanol–water partition coefficient (Wildman–Crippen LogP) is 6.89. The van der Waals surface area contributed by atoms with Crippen molar-refractivity contribution in [3.05, 3.63) is 90.3 Å². The van der Waals surface area contributed by atoms with Gasteiger partial charge in [-0.3, -0.25) is 9.69 Å². The van der Waals surface area contributed by atoms with Gasteiger partial charge in [0, 0.05) is 5.56 Å². The Labute approximate surface area is 244 Å². The van der Waals surface area contributed by atoms with Crippen LogP contribution in [-0.2, 0) is 11.2 Å². The van der Waals surface area contributed by atoms with Crippen LogP contribution in [0.15, 0.2) is 89.3 Å². The number of alkyl halides is 3. The highest BCUT2D eigenvalue weighted by atomic mass is 32.2. The lowest BCUT2D eigenvalue weighted by Gasteiger charge is -2.20. The molecule has 1 amide bonds. The summed E-state index contributed by atoms with van der Waals surface area (Å²) < 4.78 is 42.6. The maximum absolute atomic E-state index is 12.8. The van der Waals surface area contributed by atoms with E-state index in [2.05, 4.69) is 38.9 Å². The summed E-state index contributed by atoms with van der Waals surface area (Å²) in [6.45, 7) is 6.13. The number of amidine groups is 1. The summed E-state index contributed by atoms with van der Waals surface area (Å²) >= 11 is 1.36. The van der Waals surface area contributed by atoms with Crippen LogP contribution in [0.4, 0.5) is 18.9 Å². The van der Waals surface area contributed by atoms with Crippen molar-refractivity contribution in [2.45, 2.75) is 33.6 Å². The SMILES string of the molecule is CC(=NN=C1SCC(=O)N1c1ccccc1CC(C)C)c1ccc(-c2ncn(-c3ccc(OC(F)(F)F)cc3)n2)cc1. The first-order valence-corrected chi connectivity index (χ1v) is 14.1. The molecule has 4 aromatic rings. The average molecular weight is 593 g/mol. The Balaban J connectivity index is 1.30. The predicted molar refractivity (Wildman–Crippen MR) is 158 cm³/mol. The normalized spacial score (nSPS) is 15.2. The lowest BCUT2D eigenvalue weighted by atomic mass is 10.0. The van der Waals surface area contributed by atoms with Crippen molar-refractivity contribution in [1.82, 2.24) is 14.8 Å². The van der Waals surface area contributed by atoms with E-state index < -0.39 is 6.36 Å². The van der Waals surface area contributed by atoms with Crippen molar-refractivity contribution < 1.29 is 22.7 Å². The quantitative estimate of drug-likeness (QED) is 0.164. The smallest absolute Gasteiger partial charge is 0.406 e. The van der Waals surface area contributed by atoms with Crippen LogP contribution in [-0.4, -0.2) is 43.7 Å². The monoisotopic (exact) mass is 592 g/mol. The summed E-state index contributed by atoms with van der Waals surface area (Å²) in [4.78, 5) is 18.8. The maximum atomic E-state index is 12.8. The van der Waals surface area contributed by atoms with Gasteiger partial charge in [-0.1, -0.05) is 68.1 Å². The average Bonchev–Trinajstić information content (AvgIpc) is 3.59. The van der Waals surface area contributed by atoms with Gasteiger partial charge in [0.1, 0.15) is 12.1 Å². The lowest BCUT2D eigenvalue weighted by molar-refractivity contribution is -0.274. The molecule has 0 saturated carbocycles. The van der Waals surface area contributed by atoms with Gasteiger partial charge in [0.25, 0.3) is 0 Å². The Morgan fingerprint density at radius 1 is 1.05 bits per heavy atom. The number of nitrogens with zero attached hydrogens (tertiary/aromatic N) is 6. The lowest BCUT2D eigenvalue weighted by Crippen LogP contribution is -2.30. The number of halogens is 3. The van der Waals surface area contributed by atoms with E-state index in [9.17, 15) is 18.0 Å². The van der Waals surface area contributed by atoms with Crippen LogP contribution in [0.1, 0.15) is 31.9 Å². The summed E-state index contributed by atoms with van der Waals surface area (Å²) in [7, 11) is 0. The molecule has 8 nitrogen and oxygen atoms in total. The Morgan fingerprint density at radius 2 is 1.76 bits per heavy atom. The fourth-order valence-corrected chi connectivity index (χ4v) is 5.18. The number of rotatable bonds is 8. The standard InChI is InChI=1S/C30H27F3N6O2S/c1-19(2)16-23-6-4-5-7-26(23)39-27(40)17-42-29(39)36-35-20(3)21-8-10-22(11-9-21)28-34-18-38(37-28)24-12-14-25(15-13-24)41-30(31,32)33/h4-15,18-19H,16-17H2,1-3H3. The maximum Gasteiger partial charge on any atom is 0.573 e. The molecule has 1 aromatic heterocycles. The van der Waals surface area contributed by atoms with Gasteiger partial charge >= 0.3 is 6.36 Å². The summed E-state index contributed by atoms with van der Waals surface area (Å²) in [5.74, 6) is 0.861. The van der Waals surface area contributed by atoms with E-state index in [0.29, 0.717) is 34.1 Å². The fraction of sp³-hybridized carbons (Fsp3) is 0.233. The molecule has 216 valence electrons. The molecule has 0 spiro atoms. The number of aromatic nitrogens is 3. The first kappa shape index (κ1) is 29.1. The van der Waals surface area contributed by atoms with Crippen molar-refractivity contribution in [3.8, 4) is 22.8 Å². The molecule has 3 aromatic carbocycles. The van der Waals surface area contributed by atoms with Crippen LogP contribution in [0.3, 0.4) is 0 Å². The van der Waals surface area contributed by atoms with Crippen LogP contribution in [0.2, 0.25) is 0 Å². The highest BCUT2D eigenvalue weighted by Gasteiger charge is 2.32. The minimum absolute atomic E-state index is 0.0234. The van der Waals surface area contributed by atoms with Crippen molar-refractivity contribution in [2.24, 2.45) is 16.1 Å². The number of hydrogen-bond donors (Lipinski definition) is 0. The van der Waals surface area contributed by atoms with E-state index in [4.69, 9.17) is 0 Å². The molecule has 12 heteroatoms. The molecule has 0 atom stereocenters. The molecule has 1 fully saturated rings. The molecular formula is C30H27F3N6O2S. The molecule has 5 rings (SSSR count). The number of anilines is 1. The van der Waals surface area contributed by atoms with Crippen LogP contribution >= 0.6 is 11.8 Å². The minimum atomic E-state index is -4.75. The number of para-hydroxylation sites is 1. The van der Waals surface area contributed by atoms with Crippen LogP contribution in [0.5, 0.6) is 5.75 Å². The molecule has 2 heterocycles. The van der Waals surface area contributed by atoms with Crippen molar-refractivity contribution in [1.29, 1.82) is 0 Å². The molecular weight excluding hydrogens is 565 g/mol. The number of thioether (sulfide) groups is 1. The number of amides is 1. The number of benzene rings is 3. The van der Waals surface area contributed by atoms with Crippen molar-refractivity contribution in [2.75, 3.05) is 10.7 Å². The van der Waals surface area contributed by atoms with E-state index in [-0.39, 0.29) is 11.7 Å². The van der Waals surface area contributed by atoms with Gasteiger partial charge in [0.2, 0.25) is 5.91 Å². The van der Waals surface area contributed by atoms with Gasteiger partial charge in [-0.25, -0.2) is 9.67 Å². The summed E-state index contributed by atoms with van der Waals surface area (Å²) in [5, 5.41) is 13.9. The number of carbonyl (C=O) groups excluding carboxylic acids is 1. The number of hydrogen-bond acceptors (Lipinski definition) is 7. The van der Waals surface area contributed by atoms with Gasteiger partial charge in [0.15, 0.2) is 11.0 Å². The Hall–Kier alpha value is -4.45. The molecule has 1 aliphatic rings. The summed E-state index contributed by atoms with van der Waals surface area (Å²) in [6, 6.07) is 20.7. The van der Waals surface area contributed by atoms with E-state index in [1.54, 1.807) is 4.90 Å². The molecule has 42 heavy (non-hydrogen) atoms. The fourth-order valence-electron chi connectivity index (χ4n) is 4.37. The second-order valence-electron chi connectivity index (χ2n) is 9.94. The molecule has 0 radical (unpaired) electrons. The molecule has 0 unspecified atom stereocenters. The molecule has 1 saturated heterocycles. The molecule has 1 aliphatic heterocycles. The third-order valence-electron chi connectivity index (χ3n) is 6.30. The Morgan fingerprint density at radius 3 is 2.45 bits per heavy atom. The second-order valence-corrected chi connectivity index (χ2v) is 10.9. The van der Waals surface area contributed by atoms with Crippen LogP contribution < -0.4 is 9.64 Å². The van der Waals surface area contributed by atoms with Gasteiger partial charge in [0.05, 0.1) is 22.8 Å². The van der Waals surface area contributed by atoms with Gasteiger partial charge in [-0.05, 0) is 60.7 Å². The summed E-state index contributed by atoms with van der Waals surface area (Å²) in [6.07, 6.45) is -2.42. The van der Waals surface area contributed by atoms with Crippen molar-refractivity contribution in [3.63, 3.8) is 0 Å². The topological polar surface area (TPSA) is 85.0 Å². The highest BCUT2D eigenvalue weighted by molar-refractivity contribution is 8.15. The van der Waals surface area contributed by atoms with Gasteiger partial charge in [-0.15, -0.1) is 23.4 Å². The van der Waals surface area contributed by atoms with Gasteiger partial charge in [-0.2, -0.15) is 5.10 Å². The zero-order chi connectivity index (χ0) is 29.9. The van der Waals surface area contributed by atoms with E-state index >= 15 is 0 Å². The highest BCUT2D eigenvalue weighted by Crippen LogP contribution is 2.31. The Bertz CT molecular complexity index is 1630. The zero-order valence-corrected chi connectivity index (χ0v) is 23.9. The number of carbonyl (C=O) groups is 1. The third-order valence-corrected chi connectivity index (χ3v) is 7.21. The van der Waals surface area contributed by atoms with E-state index in [0.717, 1.165) is 28.8 Å². The van der Waals surface area contributed by atoms with Gasteiger partial charge < -0.3 is 4.74 Å². The first-order valence-electron chi connectivity index (χ1n) is 13.1. The summed E-state index contributed by atoms with van der Waals surface area (Å²) in [5.41, 5.74) is 4.73. The Kier molecular flexibility index (Phi) is 8.44. The van der Waals surface area contributed by atoms with Crippen LogP contribution in [0.25, 0.3) is 17.1 Å². The number of ether oxygens (including phenoxy) is 1. The van der Waals surface area contributed by atoms with E-state index in [1.165, 1.54) is 47.0 Å². The third kappa shape index (κ3) is 6.88.